The summed E-state index contributed by atoms with van der Waals surface area (Å²) >= 11 is 0. The molecule has 1 aliphatic heterocycles. The summed E-state index contributed by atoms with van der Waals surface area (Å²) in [7, 11) is 1.64. The van der Waals surface area contributed by atoms with Crippen molar-refractivity contribution in [3.8, 4) is 22.6 Å². The molecule has 29 heavy (non-hydrogen) atoms. The molecule has 0 atom stereocenters. The van der Waals surface area contributed by atoms with Crippen LogP contribution in [0.1, 0.15) is 23.2 Å². The highest BCUT2D eigenvalue weighted by Gasteiger charge is 2.25. The van der Waals surface area contributed by atoms with Crippen LogP contribution in [0.15, 0.2) is 67.3 Å². The van der Waals surface area contributed by atoms with Crippen molar-refractivity contribution in [2.24, 2.45) is 0 Å². The van der Waals surface area contributed by atoms with Gasteiger partial charge in [0, 0.05) is 49.5 Å². The van der Waals surface area contributed by atoms with Gasteiger partial charge in [0.1, 0.15) is 12.4 Å². The summed E-state index contributed by atoms with van der Waals surface area (Å²) in [6.07, 6.45) is 6.64. The van der Waals surface area contributed by atoms with Crippen LogP contribution in [-0.2, 0) is 0 Å². The van der Waals surface area contributed by atoms with Crippen LogP contribution in [0.3, 0.4) is 0 Å². The number of ether oxygens (including phenoxy) is 2. The molecule has 1 aromatic heterocycles. The van der Waals surface area contributed by atoms with Gasteiger partial charge >= 0.3 is 0 Å². The molecule has 1 amide bonds. The van der Waals surface area contributed by atoms with Gasteiger partial charge < -0.3 is 14.4 Å². The number of methoxy groups -OCH3 is 1. The average Bonchev–Trinajstić information content (AvgIpc) is 2.80. The van der Waals surface area contributed by atoms with Gasteiger partial charge in [0.25, 0.3) is 5.91 Å². The van der Waals surface area contributed by atoms with Gasteiger partial charge in [-0.05, 0) is 29.8 Å². The Kier molecular flexibility index (Phi) is 5.70. The smallest absolute Gasteiger partial charge is 0.253 e. The van der Waals surface area contributed by atoms with Gasteiger partial charge in [0.05, 0.1) is 7.11 Å². The van der Waals surface area contributed by atoms with Gasteiger partial charge in [-0.1, -0.05) is 24.3 Å². The summed E-state index contributed by atoms with van der Waals surface area (Å²) in [6, 6.07) is 15.3. The second kappa shape index (κ2) is 8.73. The molecule has 0 aliphatic carbocycles. The molecule has 1 saturated heterocycles. The zero-order valence-corrected chi connectivity index (χ0v) is 16.3. The molecule has 1 aliphatic rings. The van der Waals surface area contributed by atoms with E-state index >= 15 is 0 Å². The average molecular weight is 389 g/mol. The van der Waals surface area contributed by atoms with E-state index in [1.807, 2.05) is 53.4 Å². The standard InChI is InChI=1S/C23H23N3O3/c1-28-21-7-2-3-8-22(21)29-20-9-11-26(12-10-20)23(27)18-6-4-5-17(13-18)19-14-24-16-25-15-19/h2-8,13-16,20H,9-12H2,1H3. The van der Waals surface area contributed by atoms with Gasteiger partial charge in [-0.25, -0.2) is 9.97 Å². The minimum Gasteiger partial charge on any atom is -0.493 e. The number of rotatable bonds is 5. The Labute approximate surface area is 170 Å². The third kappa shape index (κ3) is 4.37. The molecule has 0 unspecified atom stereocenters. The topological polar surface area (TPSA) is 64.6 Å². The van der Waals surface area contributed by atoms with Crippen LogP contribution in [0.25, 0.3) is 11.1 Å². The molecule has 0 N–H and O–H groups in total. The minimum absolute atomic E-state index is 0.0411. The normalized spacial score (nSPS) is 14.4. The van der Waals surface area contributed by atoms with Crippen LogP contribution in [0, 0.1) is 0 Å². The Bertz CT molecular complexity index is 970. The Morgan fingerprint density at radius 3 is 2.41 bits per heavy atom. The zero-order valence-electron chi connectivity index (χ0n) is 16.3. The largest absolute Gasteiger partial charge is 0.493 e. The highest BCUT2D eigenvalue weighted by atomic mass is 16.5. The fraction of sp³-hybridized carbons (Fsp3) is 0.261. The maximum atomic E-state index is 13.0. The molecular formula is C23H23N3O3. The maximum Gasteiger partial charge on any atom is 0.253 e. The van der Waals surface area contributed by atoms with Crippen LogP contribution >= 0.6 is 0 Å². The number of benzene rings is 2. The van der Waals surface area contributed by atoms with E-state index in [-0.39, 0.29) is 12.0 Å². The van der Waals surface area contributed by atoms with Crippen molar-refractivity contribution >= 4 is 5.91 Å². The van der Waals surface area contributed by atoms with E-state index in [1.165, 1.54) is 6.33 Å². The fourth-order valence-corrected chi connectivity index (χ4v) is 3.53. The van der Waals surface area contributed by atoms with Crippen LogP contribution in [-0.4, -0.2) is 47.1 Å². The zero-order chi connectivity index (χ0) is 20.1. The Morgan fingerprint density at radius 2 is 1.69 bits per heavy atom. The number of likely N-dealkylation sites (tertiary alicyclic amines) is 1. The highest BCUT2D eigenvalue weighted by molar-refractivity contribution is 5.95. The van der Waals surface area contributed by atoms with Crippen LogP contribution in [0.2, 0.25) is 0 Å². The van der Waals surface area contributed by atoms with E-state index in [0.717, 1.165) is 35.5 Å². The van der Waals surface area contributed by atoms with Crippen molar-refractivity contribution < 1.29 is 14.3 Å². The molecule has 4 rings (SSSR count). The van der Waals surface area contributed by atoms with Gasteiger partial charge in [-0.3, -0.25) is 4.79 Å². The SMILES string of the molecule is COc1ccccc1OC1CCN(C(=O)c2cccc(-c3cncnc3)c2)CC1. The van der Waals surface area contributed by atoms with E-state index < -0.39 is 0 Å². The van der Waals surface area contributed by atoms with E-state index in [9.17, 15) is 4.79 Å². The van der Waals surface area contributed by atoms with Crippen LogP contribution in [0.4, 0.5) is 0 Å². The van der Waals surface area contributed by atoms with E-state index in [2.05, 4.69) is 9.97 Å². The van der Waals surface area contributed by atoms with Crippen molar-refractivity contribution in [1.82, 2.24) is 14.9 Å². The summed E-state index contributed by atoms with van der Waals surface area (Å²) in [5.41, 5.74) is 2.51. The monoisotopic (exact) mass is 389 g/mol. The first kappa shape index (κ1) is 18.9. The van der Waals surface area contributed by atoms with E-state index in [1.54, 1.807) is 19.5 Å². The quantitative estimate of drug-likeness (QED) is 0.663. The number of hydrogen-bond donors (Lipinski definition) is 0. The molecule has 6 nitrogen and oxygen atoms in total. The van der Waals surface area contributed by atoms with Crippen molar-refractivity contribution in [2.75, 3.05) is 20.2 Å². The van der Waals surface area contributed by atoms with Gasteiger partial charge in [-0.15, -0.1) is 0 Å². The minimum atomic E-state index is 0.0411. The maximum absolute atomic E-state index is 13.0. The third-order valence-corrected chi connectivity index (χ3v) is 5.10. The number of carbonyl (C=O) groups is 1. The molecule has 2 aromatic carbocycles. The summed E-state index contributed by atoms with van der Waals surface area (Å²) in [5.74, 6) is 1.52. The first-order valence-electron chi connectivity index (χ1n) is 9.69. The van der Waals surface area contributed by atoms with Crippen LogP contribution < -0.4 is 9.47 Å². The molecule has 0 spiro atoms. The summed E-state index contributed by atoms with van der Waals surface area (Å²) in [5, 5.41) is 0. The molecule has 148 valence electrons. The number of carbonyl (C=O) groups excluding carboxylic acids is 1. The molecule has 0 radical (unpaired) electrons. The number of amides is 1. The lowest BCUT2D eigenvalue weighted by atomic mass is 10.0. The number of para-hydroxylation sites is 2. The Morgan fingerprint density at radius 1 is 0.966 bits per heavy atom. The van der Waals surface area contributed by atoms with Crippen molar-refractivity contribution in [2.45, 2.75) is 18.9 Å². The Balaban J connectivity index is 1.39. The highest BCUT2D eigenvalue weighted by Crippen LogP contribution is 2.29. The lowest BCUT2D eigenvalue weighted by Crippen LogP contribution is -2.41. The van der Waals surface area contributed by atoms with E-state index in [4.69, 9.17) is 9.47 Å². The number of nitrogens with zero attached hydrogens (tertiary/aromatic N) is 3. The molecule has 0 saturated carbocycles. The second-order valence-electron chi connectivity index (χ2n) is 6.97. The van der Waals surface area contributed by atoms with Gasteiger partial charge in [0.15, 0.2) is 11.5 Å². The van der Waals surface area contributed by atoms with Crippen molar-refractivity contribution in [3.63, 3.8) is 0 Å². The second-order valence-corrected chi connectivity index (χ2v) is 6.97. The lowest BCUT2D eigenvalue weighted by Gasteiger charge is -2.32. The summed E-state index contributed by atoms with van der Waals surface area (Å²) in [4.78, 5) is 23.0. The molecule has 2 heterocycles. The van der Waals surface area contributed by atoms with Crippen LogP contribution in [0.5, 0.6) is 11.5 Å². The number of hydrogen-bond acceptors (Lipinski definition) is 5. The van der Waals surface area contributed by atoms with Gasteiger partial charge in [0.2, 0.25) is 0 Å². The molecule has 0 bridgehead atoms. The first-order valence-corrected chi connectivity index (χ1v) is 9.69. The molecule has 6 heteroatoms. The molecule has 1 fully saturated rings. The number of aromatic nitrogens is 2. The van der Waals surface area contributed by atoms with Gasteiger partial charge in [-0.2, -0.15) is 0 Å². The predicted octanol–water partition coefficient (Wildman–Crippen LogP) is 3.84. The van der Waals surface area contributed by atoms with Crippen molar-refractivity contribution in [3.05, 3.63) is 72.8 Å². The van der Waals surface area contributed by atoms with E-state index in [0.29, 0.717) is 18.7 Å². The molecular weight excluding hydrogens is 366 g/mol. The van der Waals surface area contributed by atoms with Crippen molar-refractivity contribution in [1.29, 1.82) is 0 Å². The number of piperidine rings is 1. The lowest BCUT2D eigenvalue weighted by molar-refractivity contribution is 0.0590. The third-order valence-electron chi connectivity index (χ3n) is 5.10. The molecule has 3 aromatic rings. The summed E-state index contributed by atoms with van der Waals surface area (Å²) in [6.45, 7) is 1.33. The predicted molar refractivity (Wildman–Crippen MR) is 110 cm³/mol. The fourth-order valence-electron chi connectivity index (χ4n) is 3.53. The first-order chi connectivity index (χ1) is 14.2. The summed E-state index contributed by atoms with van der Waals surface area (Å²) < 4.78 is 11.5. The Hall–Kier alpha value is -3.41.